The molecule has 2 fully saturated rings. The van der Waals surface area contributed by atoms with E-state index in [1.165, 1.54) is 60.7 Å². The summed E-state index contributed by atoms with van der Waals surface area (Å²) in [4.78, 5) is 26.8. The Kier molecular flexibility index (Phi) is 6.46. The highest BCUT2D eigenvalue weighted by atomic mass is 16.5. The standard InChI is InChI=1S/C27H37N3O3/c1-3-29(17-26(31)28-2)27(32)20-8-10-25-23(16-20)22-15-19(18-11-13-33-14-12-18)7-9-24(22)30(25)21-5-4-6-21/h8,10,16,18-19,21H,3-7,9,11-15,17H2,1-2H3,(H,28,31). The van der Waals surface area contributed by atoms with Gasteiger partial charge in [-0.15, -0.1) is 0 Å². The Morgan fingerprint density at radius 2 is 1.91 bits per heavy atom. The second kappa shape index (κ2) is 9.49. The maximum Gasteiger partial charge on any atom is 0.254 e. The molecule has 2 aliphatic carbocycles. The Bertz CT molecular complexity index is 1030. The summed E-state index contributed by atoms with van der Waals surface area (Å²) in [6.07, 6.45) is 9.71. The molecule has 0 spiro atoms. The van der Waals surface area contributed by atoms with E-state index >= 15 is 0 Å². The van der Waals surface area contributed by atoms with Crippen LogP contribution in [0.5, 0.6) is 0 Å². The predicted octanol–water partition coefficient (Wildman–Crippen LogP) is 4.11. The molecular formula is C27H37N3O3. The van der Waals surface area contributed by atoms with Crippen LogP contribution in [0.15, 0.2) is 18.2 Å². The summed E-state index contributed by atoms with van der Waals surface area (Å²) in [6, 6.07) is 6.85. The first-order valence-corrected chi connectivity index (χ1v) is 12.8. The molecule has 33 heavy (non-hydrogen) atoms. The fraction of sp³-hybridized carbons (Fsp3) is 0.630. The number of fused-ring (bicyclic) bond motifs is 3. The van der Waals surface area contributed by atoms with E-state index in [0.717, 1.165) is 32.0 Å². The Balaban J connectivity index is 1.51. The van der Waals surface area contributed by atoms with Gasteiger partial charge in [-0.3, -0.25) is 9.59 Å². The van der Waals surface area contributed by atoms with Crippen LogP contribution < -0.4 is 5.32 Å². The second-order valence-electron chi connectivity index (χ2n) is 10.1. The molecule has 1 aliphatic heterocycles. The van der Waals surface area contributed by atoms with E-state index in [0.29, 0.717) is 24.1 Å². The summed E-state index contributed by atoms with van der Waals surface area (Å²) in [6.45, 7) is 4.32. The maximum atomic E-state index is 13.3. The third-order valence-corrected chi connectivity index (χ3v) is 8.34. The van der Waals surface area contributed by atoms with Crippen LogP contribution in [0.2, 0.25) is 0 Å². The molecule has 3 aliphatic rings. The van der Waals surface area contributed by atoms with Gasteiger partial charge < -0.3 is 19.5 Å². The molecule has 5 rings (SSSR count). The van der Waals surface area contributed by atoms with Crippen LogP contribution in [0.25, 0.3) is 10.9 Å². The van der Waals surface area contributed by atoms with Crippen molar-refractivity contribution < 1.29 is 14.3 Å². The quantitative estimate of drug-likeness (QED) is 0.719. The van der Waals surface area contributed by atoms with E-state index in [2.05, 4.69) is 22.0 Å². The van der Waals surface area contributed by atoms with Crippen molar-refractivity contribution in [1.29, 1.82) is 0 Å². The average Bonchev–Trinajstić information content (AvgIpc) is 3.14. The van der Waals surface area contributed by atoms with Gasteiger partial charge in [-0.25, -0.2) is 0 Å². The molecule has 2 heterocycles. The van der Waals surface area contributed by atoms with Gasteiger partial charge in [0.15, 0.2) is 0 Å². The highest BCUT2D eigenvalue weighted by Gasteiger charge is 2.34. The lowest BCUT2D eigenvalue weighted by atomic mass is 9.75. The van der Waals surface area contributed by atoms with Crippen molar-refractivity contribution in [3.8, 4) is 0 Å². The van der Waals surface area contributed by atoms with Crippen LogP contribution in [-0.4, -0.2) is 54.6 Å². The van der Waals surface area contributed by atoms with Gasteiger partial charge in [0, 0.05) is 55.0 Å². The third kappa shape index (κ3) is 4.18. The van der Waals surface area contributed by atoms with Gasteiger partial charge >= 0.3 is 0 Å². The topological polar surface area (TPSA) is 63.6 Å². The lowest BCUT2D eigenvalue weighted by Crippen LogP contribution is -2.39. The third-order valence-electron chi connectivity index (χ3n) is 8.34. The number of nitrogens with zero attached hydrogens (tertiary/aromatic N) is 2. The van der Waals surface area contributed by atoms with Crippen LogP contribution in [0.3, 0.4) is 0 Å². The minimum absolute atomic E-state index is 0.0649. The number of hydrogen-bond donors (Lipinski definition) is 1. The predicted molar refractivity (Wildman–Crippen MR) is 130 cm³/mol. The van der Waals surface area contributed by atoms with E-state index in [1.807, 2.05) is 13.0 Å². The number of aromatic nitrogens is 1. The van der Waals surface area contributed by atoms with Crippen molar-refractivity contribution in [3.63, 3.8) is 0 Å². The number of nitrogens with one attached hydrogen (secondary N) is 1. The average molecular weight is 452 g/mol. The molecule has 1 saturated heterocycles. The molecule has 0 bridgehead atoms. The van der Waals surface area contributed by atoms with Crippen molar-refractivity contribution in [2.45, 2.75) is 64.3 Å². The Morgan fingerprint density at radius 1 is 1.12 bits per heavy atom. The molecule has 1 aromatic heterocycles. The van der Waals surface area contributed by atoms with Gasteiger partial charge in [-0.1, -0.05) is 0 Å². The van der Waals surface area contributed by atoms with E-state index in [-0.39, 0.29) is 18.4 Å². The second-order valence-corrected chi connectivity index (χ2v) is 10.1. The smallest absolute Gasteiger partial charge is 0.254 e. The number of carbonyl (C=O) groups is 2. The number of ether oxygens (including phenoxy) is 1. The Hall–Kier alpha value is -2.34. The van der Waals surface area contributed by atoms with Crippen molar-refractivity contribution in [1.82, 2.24) is 14.8 Å². The summed E-state index contributed by atoms with van der Waals surface area (Å²) in [7, 11) is 1.61. The van der Waals surface area contributed by atoms with Crippen LogP contribution in [-0.2, 0) is 22.4 Å². The van der Waals surface area contributed by atoms with Gasteiger partial charge in [0.1, 0.15) is 0 Å². The molecule has 1 N–H and O–H groups in total. The SMILES string of the molecule is CCN(CC(=O)NC)C(=O)c1ccc2c(c1)c1c(n2C2CCC2)CCC(C2CCOCC2)C1. The molecule has 178 valence electrons. The van der Waals surface area contributed by atoms with Crippen LogP contribution in [0.4, 0.5) is 0 Å². The monoisotopic (exact) mass is 451 g/mol. The lowest BCUT2D eigenvalue weighted by molar-refractivity contribution is -0.121. The normalized spacial score (nSPS) is 21.5. The summed E-state index contributed by atoms with van der Waals surface area (Å²) >= 11 is 0. The highest BCUT2D eigenvalue weighted by molar-refractivity contribution is 6.00. The van der Waals surface area contributed by atoms with Gasteiger partial charge in [-0.05, 0) is 93.9 Å². The van der Waals surface area contributed by atoms with Gasteiger partial charge in [0.2, 0.25) is 5.91 Å². The molecule has 6 nitrogen and oxygen atoms in total. The number of likely N-dealkylation sites (N-methyl/N-ethyl adjacent to an activating group) is 2. The fourth-order valence-corrected chi connectivity index (χ4v) is 6.17. The number of hydrogen-bond acceptors (Lipinski definition) is 3. The molecule has 1 atom stereocenters. The molecule has 6 heteroatoms. The van der Waals surface area contributed by atoms with Crippen molar-refractivity contribution in [2.75, 3.05) is 33.4 Å². The minimum Gasteiger partial charge on any atom is -0.381 e. The first-order chi connectivity index (χ1) is 16.1. The largest absolute Gasteiger partial charge is 0.381 e. The van der Waals surface area contributed by atoms with E-state index in [9.17, 15) is 9.59 Å². The van der Waals surface area contributed by atoms with Crippen LogP contribution in [0, 0.1) is 11.8 Å². The lowest BCUT2D eigenvalue weighted by Gasteiger charge is -2.35. The molecular weight excluding hydrogens is 414 g/mol. The van der Waals surface area contributed by atoms with Gasteiger partial charge in [-0.2, -0.15) is 0 Å². The van der Waals surface area contributed by atoms with Crippen LogP contribution >= 0.6 is 0 Å². The number of carbonyl (C=O) groups excluding carboxylic acids is 2. The zero-order valence-corrected chi connectivity index (χ0v) is 20.1. The van der Waals surface area contributed by atoms with Crippen molar-refractivity contribution in [2.24, 2.45) is 11.8 Å². The van der Waals surface area contributed by atoms with Gasteiger partial charge in [0.25, 0.3) is 5.91 Å². The molecule has 1 saturated carbocycles. The van der Waals surface area contributed by atoms with Gasteiger partial charge in [0.05, 0.1) is 6.54 Å². The summed E-state index contributed by atoms with van der Waals surface area (Å²) in [5, 5.41) is 3.89. The number of amides is 2. The van der Waals surface area contributed by atoms with Crippen molar-refractivity contribution >= 4 is 22.7 Å². The maximum absolute atomic E-state index is 13.3. The number of rotatable bonds is 6. The molecule has 1 unspecified atom stereocenters. The van der Waals surface area contributed by atoms with Crippen molar-refractivity contribution in [3.05, 3.63) is 35.0 Å². The fourth-order valence-electron chi connectivity index (χ4n) is 6.17. The van der Waals surface area contributed by atoms with E-state index in [4.69, 9.17) is 4.74 Å². The zero-order valence-electron chi connectivity index (χ0n) is 20.1. The Labute approximate surface area is 196 Å². The molecule has 2 amide bonds. The summed E-state index contributed by atoms with van der Waals surface area (Å²) in [5.74, 6) is 1.26. The minimum atomic E-state index is -0.140. The highest BCUT2D eigenvalue weighted by Crippen LogP contribution is 2.44. The first kappa shape index (κ1) is 22.5. The van der Waals surface area contributed by atoms with E-state index < -0.39 is 0 Å². The summed E-state index contributed by atoms with van der Waals surface area (Å²) < 4.78 is 8.24. The first-order valence-electron chi connectivity index (χ1n) is 12.8. The number of benzene rings is 1. The Morgan fingerprint density at radius 3 is 2.58 bits per heavy atom. The molecule has 1 aromatic carbocycles. The molecule has 2 aromatic rings. The van der Waals surface area contributed by atoms with E-state index in [1.54, 1.807) is 11.9 Å². The van der Waals surface area contributed by atoms with Crippen LogP contribution in [0.1, 0.15) is 73.1 Å². The zero-order chi connectivity index (χ0) is 22.9. The summed E-state index contributed by atoms with van der Waals surface area (Å²) in [5.41, 5.74) is 4.97. The molecule has 0 radical (unpaired) electrons.